The van der Waals surface area contributed by atoms with Gasteiger partial charge in [0.1, 0.15) is 17.3 Å². The van der Waals surface area contributed by atoms with Crippen LogP contribution in [0.5, 0.6) is 0 Å². The van der Waals surface area contributed by atoms with Gasteiger partial charge in [-0.3, -0.25) is 4.98 Å². The van der Waals surface area contributed by atoms with E-state index in [2.05, 4.69) is 25.6 Å². The van der Waals surface area contributed by atoms with Crippen molar-refractivity contribution in [1.29, 1.82) is 0 Å². The van der Waals surface area contributed by atoms with Gasteiger partial charge in [0, 0.05) is 30.1 Å². The maximum absolute atomic E-state index is 14.1. The first-order chi connectivity index (χ1) is 13.6. The minimum absolute atomic E-state index is 0.158. The summed E-state index contributed by atoms with van der Waals surface area (Å²) in [5.41, 5.74) is 0.735. The van der Waals surface area contributed by atoms with Crippen LogP contribution >= 0.6 is 0 Å². The predicted octanol–water partition coefficient (Wildman–Crippen LogP) is 5.05. The number of nitrogens with one attached hydrogen (secondary N) is 2. The summed E-state index contributed by atoms with van der Waals surface area (Å²) < 4.78 is 41.6. The highest BCUT2D eigenvalue weighted by Crippen LogP contribution is 2.28. The molecule has 8 heteroatoms. The summed E-state index contributed by atoms with van der Waals surface area (Å²) in [5.74, 6) is -2.84. The van der Waals surface area contributed by atoms with Crippen molar-refractivity contribution >= 4 is 17.5 Å². The van der Waals surface area contributed by atoms with Crippen molar-refractivity contribution in [3.8, 4) is 11.3 Å². The summed E-state index contributed by atoms with van der Waals surface area (Å²) >= 11 is 0. The van der Waals surface area contributed by atoms with Crippen molar-refractivity contribution in [2.45, 2.75) is 31.7 Å². The topological polar surface area (TPSA) is 62.7 Å². The molecule has 1 fully saturated rings. The molecule has 0 amide bonds. The van der Waals surface area contributed by atoms with E-state index in [-0.39, 0.29) is 11.9 Å². The fourth-order valence-electron chi connectivity index (χ4n) is 3.27. The molecular formula is C20H18F3N5. The van der Waals surface area contributed by atoms with E-state index >= 15 is 0 Å². The van der Waals surface area contributed by atoms with Gasteiger partial charge in [-0.1, -0.05) is 12.8 Å². The van der Waals surface area contributed by atoms with Crippen LogP contribution in [-0.4, -0.2) is 21.0 Å². The van der Waals surface area contributed by atoms with Crippen molar-refractivity contribution in [2.75, 3.05) is 10.6 Å². The molecule has 1 aromatic carbocycles. The van der Waals surface area contributed by atoms with E-state index in [1.165, 1.54) is 0 Å². The van der Waals surface area contributed by atoms with Crippen molar-refractivity contribution < 1.29 is 13.2 Å². The Balaban J connectivity index is 1.72. The van der Waals surface area contributed by atoms with Gasteiger partial charge in [0.2, 0.25) is 5.95 Å². The van der Waals surface area contributed by atoms with Crippen molar-refractivity contribution in [2.24, 2.45) is 0 Å². The zero-order valence-electron chi connectivity index (χ0n) is 14.9. The standard InChI is InChI=1S/C20H18F3N5/c21-14-5-6-15(22)19(18(14)23)27-17-11-16(12-7-9-24-10-8-12)26-20(28-17)25-13-3-1-2-4-13/h5-11,13H,1-4H2,(H2,25,26,27,28). The average molecular weight is 385 g/mol. The number of hydrogen-bond donors (Lipinski definition) is 2. The van der Waals surface area contributed by atoms with Crippen LogP contribution in [-0.2, 0) is 0 Å². The first kappa shape index (κ1) is 18.2. The molecule has 5 nitrogen and oxygen atoms in total. The van der Waals surface area contributed by atoms with Gasteiger partial charge < -0.3 is 10.6 Å². The number of hydrogen-bond acceptors (Lipinski definition) is 5. The molecule has 2 aromatic heterocycles. The van der Waals surface area contributed by atoms with Crippen LogP contribution in [0.15, 0.2) is 42.7 Å². The molecule has 28 heavy (non-hydrogen) atoms. The molecule has 144 valence electrons. The van der Waals surface area contributed by atoms with Gasteiger partial charge in [-0.25, -0.2) is 18.2 Å². The fourth-order valence-corrected chi connectivity index (χ4v) is 3.27. The second-order valence-corrected chi connectivity index (χ2v) is 6.67. The van der Waals surface area contributed by atoms with E-state index in [1.807, 2.05) is 0 Å². The van der Waals surface area contributed by atoms with Gasteiger partial charge in [0.25, 0.3) is 0 Å². The number of aromatic nitrogens is 3. The van der Waals surface area contributed by atoms with Gasteiger partial charge in [-0.2, -0.15) is 4.98 Å². The lowest BCUT2D eigenvalue weighted by molar-refractivity contribution is 0.499. The van der Waals surface area contributed by atoms with E-state index in [9.17, 15) is 13.2 Å². The fraction of sp³-hybridized carbons (Fsp3) is 0.250. The highest BCUT2D eigenvalue weighted by atomic mass is 19.2. The first-order valence-electron chi connectivity index (χ1n) is 9.06. The molecule has 0 atom stereocenters. The van der Waals surface area contributed by atoms with E-state index in [1.54, 1.807) is 30.6 Å². The smallest absolute Gasteiger partial charge is 0.225 e. The Morgan fingerprint density at radius 1 is 0.893 bits per heavy atom. The van der Waals surface area contributed by atoms with E-state index < -0.39 is 23.1 Å². The lowest BCUT2D eigenvalue weighted by Crippen LogP contribution is -2.17. The second-order valence-electron chi connectivity index (χ2n) is 6.67. The molecule has 1 saturated carbocycles. The molecule has 0 aliphatic heterocycles. The molecule has 0 unspecified atom stereocenters. The minimum Gasteiger partial charge on any atom is -0.351 e. The summed E-state index contributed by atoms with van der Waals surface area (Å²) in [6.45, 7) is 0. The van der Waals surface area contributed by atoms with Crippen LogP contribution in [0.25, 0.3) is 11.3 Å². The van der Waals surface area contributed by atoms with Crippen molar-refractivity contribution in [1.82, 2.24) is 15.0 Å². The molecule has 0 saturated heterocycles. The Labute approximate surface area is 160 Å². The largest absolute Gasteiger partial charge is 0.351 e. The number of benzene rings is 1. The SMILES string of the molecule is Fc1ccc(F)c(Nc2cc(-c3ccncc3)nc(NC3CCCC3)n2)c1F. The van der Waals surface area contributed by atoms with Gasteiger partial charge in [-0.15, -0.1) is 0 Å². The Morgan fingerprint density at radius 3 is 2.36 bits per heavy atom. The Morgan fingerprint density at radius 2 is 1.61 bits per heavy atom. The Kier molecular flexibility index (Phi) is 5.10. The zero-order chi connectivity index (χ0) is 19.5. The van der Waals surface area contributed by atoms with Crippen LogP contribution in [0.2, 0.25) is 0 Å². The Hall–Kier alpha value is -3.16. The summed E-state index contributed by atoms with van der Waals surface area (Å²) in [5, 5.41) is 5.84. The maximum atomic E-state index is 14.1. The highest BCUT2D eigenvalue weighted by molar-refractivity contribution is 5.67. The molecule has 2 N–H and O–H groups in total. The summed E-state index contributed by atoms with van der Waals surface area (Å²) in [7, 11) is 0. The third-order valence-electron chi connectivity index (χ3n) is 4.69. The molecule has 1 aliphatic rings. The van der Waals surface area contributed by atoms with Crippen LogP contribution < -0.4 is 10.6 Å². The molecule has 0 radical (unpaired) electrons. The average Bonchev–Trinajstić information content (AvgIpc) is 3.22. The number of anilines is 3. The molecule has 3 aromatic rings. The van der Waals surface area contributed by atoms with E-state index in [4.69, 9.17) is 0 Å². The minimum atomic E-state index is -1.30. The van der Waals surface area contributed by atoms with Crippen LogP contribution in [0, 0.1) is 17.5 Å². The number of nitrogens with zero attached hydrogens (tertiary/aromatic N) is 3. The second kappa shape index (κ2) is 7.84. The molecule has 1 aliphatic carbocycles. The number of halogens is 3. The molecular weight excluding hydrogens is 367 g/mol. The van der Waals surface area contributed by atoms with E-state index in [0.717, 1.165) is 43.4 Å². The monoisotopic (exact) mass is 385 g/mol. The van der Waals surface area contributed by atoms with Gasteiger partial charge >= 0.3 is 0 Å². The lowest BCUT2D eigenvalue weighted by atomic mass is 10.2. The summed E-state index contributed by atoms with van der Waals surface area (Å²) in [4.78, 5) is 12.8. The lowest BCUT2D eigenvalue weighted by Gasteiger charge is -2.15. The van der Waals surface area contributed by atoms with Crippen LogP contribution in [0.1, 0.15) is 25.7 Å². The number of pyridine rings is 1. The van der Waals surface area contributed by atoms with E-state index in [0.29, 0.717) is 11.6 Å². The normalized spacial score (nSPS) is 14.2. The third-order valence-corrected chi connectivity index (χ3v) is 4.69. The maximum Gasteiger partial charge on any atom is 0.225 e. The first-order valence-corrected chi connectivity index (χ1v) is 9.06. The Bertz CT molecular complexity index is 975. The van der Waals surface area contributed by atoms with Crippen LogP contribution in [0.4, 0.5) is 30.6 Å². The summed E-state index contributed by atoms with van der Waals surface area (Å²) in [6, 6.07) is 6.96. The molecule has 0 spiro atoms. The quantitative estimate of drug-likeness (QED) is 0.602. The van der Waals surface area contributed by atoms with Crippen molar-refractivity contribution in [3.63, 3.8) is 0 Å². The summed E-state index contributed by atoms with van der Waals surface area (Å²) in [6.07, 6.45) is 7.54. The molecule has 0 bridgehead atoms. The van der Waals surface area contributed by atoms with Crippen LogP contribution in [0.3, 0.4) is 0 Å². The predicted molar refractivity (Wildman–Crippen MR) is 101 cm³/mol. The highest BCUT2D eigenvalue weighted by Gasteiger charge is 2.18. The van der Waals surface area contributed by atoms with Crippen molar-refractivity contribution in [3.05, 3.63) is 60.2 Å². The zero-order valence-corrected chi connectivity index (χ0v) is 14.9. The number of rotatable bonds is 5. The van der Waals surface area contributed by atoms with Gasteiger partial charge in [0.05, 0.1) is 5.69 Å². The third kappa shape index (κ3) is 3.90. The van der Waals surface area contributed by atoms with Gasteiger partial charge in [0.15, 0.2) is 11.6 Å². The molecule has 4 rings (SSSR count). The van der Waals surface area contributed by atoms with Gasteiger partial charge in [-0.05, 0) is 37.1 Å². The molecule has 2 heterocycles.